The Morgan fingerprint density at radius 1 is 1.59 bits per heavy atom. The van der Waals surface area contributed by atoms with Crippen molar-refractivity contribution in [3.05, 3.63) is 34.1 Å². The van der Waals surface area contributed by atoms with Crippen LogP contribution in [0.1, 0.15) is 19.4 Å². The molecule has 7 heteroatoms. The summed E-state index contributed by atoms with van der Waals surface area (Å²) < 4.78 is 19.1. The number of ether oxygens (including phenoxy) is 1. The van der Waals surface area contributed by atoms with Crippen LogP contribution in [0.2, 0.25) is 0 Å². The van der Waals surface area contributed by atoms with E-state index in [1.165, 1.54) is 6.07 Å². The Balaban J connectivity index is 0.00000242. The molecule has 1 aromatic rings. The molecule has 1 heterocycles. The summed E-state index contributed by atoms with van der Waals surface area (Å²) in [5.41, 5.74) is 0.969. The lowest BCUT2D eigenvalue weighted by atomic mass is 10.1. The van der Waals surface area contributed by atoms with Crippen LogP contribution in [-0.4, -0.2) is 37.2 Å². The molecule has 0 spiro atoms. The average molecular weight is 396 g/mol. The van der Waals surface area contributed by atoms with Gasteiger partial charge in [0.1, 0.15) is 11.9 Å². The quantitative estimate of drug-likeness (QED) is 0.823. The van der Waals surface area contributed by atoms with Crippen LogP contribution in [0.25, 0.3) is 0 Å². The lowest BCUT2D eigenvalue weighted by Gasteiger charge is -2.30. The zero-order valence-corrected chi connectivity index (χ0v) is 15.0. The van der Waals surface area contributed by atoms with Crippen molar-refractivity contribution in [3.8, 4) is 0 Å². The summed E-state index contributed by atoms with van der Waals surface area (Å²) in [6.45, 7) is 5.13. The number of benzene rings is 1. The molecule has 0 saturated carbocycles. The van der Waals surface area contributed by atoms with Crippen molar-refractivity contribution in [2.75, 3.05) is 13.2 Å². The fourth-order valence-electron chi connectivity index (χ4n) is 2.43. The van der Waals surface area contributed by atoms with Gasteiger partial charge in [0, 0.05) is 12.6 Å². The monoisotopic (exact) mass is 394 g/mol. The Morgan fingerprint density at radius 3 is 2.95 bits per heavy atom. The predicted octanol–water partition coefficient (Wildman–Crippen LogP) is 2.43. The normalized spacial score (nSPS) is 22.5. The molecule has 1 fully saturated rings. The molecule has 1 aliphatic heterocycles. The number of rotatable bonds is 4. The molecule has 1 amide bonds. The second-order valence-electron chi connectivity index (χ2n) is 5.37. The maximum atomic E-state index is 13.2. The molecule has 0 radical (unpaired) electrons. The number of carbonyl (C=O) groups excluding carboxylic acids is 1. The topological polar surface area (TPSA) is 50.4 Å². The Bertz CT molecular complexity index is 518. The molecule has 1 saturated heterocycles. The molecule has 22 heavy (non-hydrogen) atoms. The first kappa shape index (κ1) is 19.4. The summed E-state index contributed by atoms with van der Waals surface area (Å²) in [6, 6.07) is 4.54. The first-order chi connectivity index (χ1) is 9.97. The van der Waals surface area contributed by atoms with Crippen LogP contribution in [0.5, 0.6) is 0 Å². The summed E-state index contributed by atoms with van der Waals surface area (Å²) in [4.78, 5) is 12.2. The number of hydrogen-bond acceptors (Lipinski definition) is 3. The molecule has 0 aliphatic carbocycles. The lowest BCUT2D eigenvalue weighted by molar-refractivity contribution is -0.129. The fourth-order valence-corrected chi connectivity index (χ4v) is 2.86. The summed E-state index contributed by atoms with van der Waals surface area (Å²) >= 11 is 3.17. The second kappa shape index (κ2) is 8.82. The van der Waals surface area contributed by atoms with Crippen LogP contribution in [0, 0.1) is 5.82 Å². The first-order valence-electron chi connectivity index (χ1n) is 7.06. The Hall–Kier alpha value is -0.690. The third-order valence-corrected chi connectivity index (χ3v) is 4.12. The molecular formula is C15H21BrClFN2O2. The second-order valence-corrected chi connectivity index (χ2v) is 6.22. The van der Waals surface area contributed by atoms with E-state index in [9.17, 15) is 9.18 Å². The summed E-state index contributed by atoms with van der Waals surface area (Å²) in [6.07, 6.45) is 0.512. The lowest BCUT2D eigenvalue weighted by Crippen LogP contribution is -2.56. The van der Waals surface area contributed by atoms with Gasteiger partial charge in [-0.3, -0.25) is 4.79 Å². The molecule has 0 aromatic heterocycles. The minimum absolute atomic E-state index is 0. The highest BCUT2D eigenvalue weighted by Crippen LogP contribution is 2.17. The van der Waals surface area contributed by atoms with Crippen LogP contribution in [0.15, 0.2) is 22.7 Å². The highest BCUT2D eigenvalue weighted by atomic mass is 79.9. The molecule has 1 unspecified atom stereocenters. The SMILES string of the molecule is CC(Cc1ccc(F)c(Br)c1)NC(=O)[C@H]1NCCO[C@@H]1C.Cl. The van der Waals surface area contributed by atoms with Crippen molar-refractivity contribution in [2.45, 2.75) is 38.5 Å². The summed E-state index contributed by atoms with van der Waals surface area (Å²) in [7, 11) is 0. The minimum atomic E-state index is -0.318. The van der Waals surface area contributed by atoms with Crippen LogP contribution in [-0.2, 0) is 16.0 Å². The molecule has 124 valence electrons. The Morgan fingerprint density at radius 2 is 2.32 bits per heavy atom. The Kier molecular flexibility index (Phi) is 7.76. The van der Waals surface area contributed by atoms with E-state index >= 15 is 0 Å². The minimum Gasteiger partial charge on any atom is -0.375 e. The van der Waals surface area contributed by atoms with E-state index in [1.54, 1.807) is 12.1 Å². The molecule has 2 rings (SSSR count). The molecule has 0 bridgehead atoms. The average Bonchev–Trinajstić information content (AvgIpc) is 2.43. The largest absolute Gasteiger partial charge is 0.375 e. The van der Waals surface area contributed by atoms with E-state index in [1.807, 2.05) is 13.8 Å². The van der Waals surface area contributed by atoms with Crippen molar-refractivity contribution < 1.29 is 13.9 Å². The molecule has 1 aromatic carbocycles. The molecule has 3 atom stereocenters. The number of hydrogen-bond donors (Lipinski definition) is 2. The van der Waals surface area contributed by atoms with E-state index in [4.69, 9.17) is 4.74 Å². The molecule has 2 N–H and O–H groups in total. The van der Waals surface area contributed by atoms with Crippen LogP contribution >= 0.6 is 28.3 Å². The van der Waals surface area contributed by atoms with Gasteiger partial charge in [-0.15, -0.1) is 12.4 Å². The van der Waals surface area contributed by atoms with E-state index in [0.717, 1.165) is 5.56 Å². The zero-order valence-electron chi connectivity index (χ0n) is 12.6. The van der Waals surface area contributed by atoms with Crippen molar-refractivity contribution >= 4 is 34.2 Å². The van der Waals surface area contributed by atoms with Gasteiger partial charge in [-0.2, -0.15) is 0 Å². The van der Waals surface area contributed by atoms with Gasteiger partial charge in [0.05, 0.1) is 17.2 Å². The number of halogens is 3. The molecule has 4 nitrogen and oxygen atoms in total. The van der Waals surface area contributed by atoms with Gasteiger partial charge in [0.25, 0.3) is 0 Å². The van der Waals surface area contributed by atoms with Crippen LogP contribution < -0.4 is 10.6 Å². The van der Waals surface area contributed by atoms with Crippen molar-refractivity contribution in [2.24, 2.45) is 0 Å². The van der Waals surface area contributed by atoms with E-state index in [-0.39, 0.29) is 42.3 Å². The molecule has 1 aliphatic rings. The first-order valence-corrected chi connectivity index (χ1v) is 7.86. The van der Waals surface area contributed by atoms with Gasteiger partial charge in [0.2, 0.25) is 5.91 Å². The van der Waals surface area contributed by atoms with Gasteiger partial charge >= 0.3 is 0 Å². The van der Waals surface area contributed by atoms with E-state index < -0.39 is 0 Å². The highest BCUT2D eigenvalue weighted by molar-refractivity contribution is 9.10. The third-order valence-electron chi connectivity index (χ3n) is 3.51. The van der Waals surface area contributed by atoms with Crippen molar-refractivity contribution in [3.63, 3.8) is 0 Å². The van der Waals surface area contributed by atoms with Gasteiger partial charge < -0.3 is 15.4 Å². The maximum absolute atomic E-state index is 13.2. The smallest absolute Gasteiger partial charge is 0.240 e. The van der Waals surface area contributed by atoms with Crippen LogP contribution in [0.4, 0.5) is 4.39 Å². The van der Waals surface area contributed by atoms with Gasteiger partial charge in [0.15, 0.2) is 0 Å². The maximum Gasteiger partial charge on any atom is 0.240 e. The highest BCUT2D eigenvalue weighted by Gasteiger charge is 2.28. The van der Waals surface area contributed by atoms with E-state index in [2.05, 4.69) is 26.6 Å². The predicted molar refractivity (Wildman–Crippen MR) is 89.9 cm³/mol. The standard InChI is InChI=1S/C15H20BrFN2O2.ClH/c1-9(7-11-3-4-13(17)12(16)8-11)19-15(20)14-10(2)21-6-5-18-14;/h3-4,8-10,14,18H,5-7H2,1-2H3,(H,19,20);1H/t9?,10-,14+;/m1./s1. The fraction of sp³-hybridized carbons (Fsp3) is 0.533. The summed E-state index contributed by atoms with van der Waals surface area (Å²) in [5, 5.41) is 6.13. The van der Waals surface area contributed by atoms with Crippen LogP contribution in [0.3, 0.4) is 0 Å². The number of amides is 1. The number of nitrogens with one attached hydrogen (secondary N) is 2. The summed E-state index contributed by atoms with van der Waals surface area (Å²) in [5.74, 6) is -0.344. The Labute approximate surface area is 144 Å². The van der Waals surface area contributed by atoms with E-state index in [0.29, 0.717) is 24.0 Å². The van der Waals surface area contributed by atoms with Crippen molar-refractivity contribution in [1.82, 2.24) is 10.6 Å². The van der Waals surface area contributed by atoms with Gasteiger partial charge in [-0.1, -0.05) is 6.07 Å². The number of morpholine rings is 1. The molecular weight excluding hydrogens is 375 g/mol. The zero-order chi connectivity index (χ0) is 15.4. The van der Waals surface area contributed by atoms with Crippen molar-refractivity contribution in [1.29, 1.82) is 0 Å². The van der Waals surface area contributed by atoms with Gasteiger partial charge in [-0.05, 0) is 53.9 Å². The third kappa shape index (κ3) is 5.19. The van der Waals surface area contributed by atoms with Gasteiger partial charge in [-0.25, -0.2) is 4.39 Å². The number of carbonyl (C=O) groups is 1.